The van der Waals surface area contributed by atoms with Crippen LogP contribution < -0.4 is 5.32 Å². The molecule has 1 fully saturated rings. The van der Waals surface area contributed by atoms with Crippen molar-refractivity contribution in [1.82, 2.24) is 15.1 Å². The molecule has 0 atom stereocenters. The summed E-state index contributed by atoms with van der Waals surface area (Å²) in [6.07, 6.45) is 5.60. The standard InChI is InChI=1S/C26H37N3O2S/c1-20-15-16-23(32-20)18-28(17-21-11-7-5-8-12-21)24(30)19-29(26(2,3)4)25(31)27-22-13-9-6-10-14-22/h5,7-8,11-12,15-16,22H,6,9-10,13-14,17-19H2,1-4H3,(H,27,31). The number of aryl methyl sites for hydroxylation is 1. The minimum Gasteiger partial charge on any atom is -0.335 e. The number of nitrogens with zero attached hydrogens (tertiary/aromatic N) is 2. The van der Waals surface area contributed by atoms with Crippen LogP contribution in [0.5, 0.6) is 0 Å². The average Bonchev–Trinajstić information content (AvgIpc) is 3.16. The van der Waals surface area contributed by atoms with Gasteiger partial charge < -0.3 is 15.1 Å². The van der Waals surface area contributed by atoms with E-state index in [1.54, 1.807) is 16.2 Å². The number of rotatable bonds is 7. The quantitative estimate of drug-likeness (QED) is 0.580. The molecule has 1 aromatic carbocycles. The Morgan fingerprint density at radius 2 is 1.69 bits per heavy atom. The molecule has 1 aliphatic rings. The van der Waals surface area contributed by atoms with Gasteiger partial charge in [-0.05, 0) is 58.2 Å². The molecular weight excluding hydrogens is 418 g/mol. The number of amides is 3. The predicted molar refractivity (Wildman–Crippen MR) is 132 cm³/mol. The maximum atomic E-state index is 13.5. The number of hydrogen-bond donors (Lipinski definition) is 1. The highest BCUT2D eigenvalue weighted by atomic mass is 32.1. The number of carbonyl (C=O) groups is 2. The first-order valence-electron chi connectivity index (χ1n) is 11.7. The van der Waals surface area contributed by atoms with Crippen molar-refractivity contribution in [2.24, 2.45) is 0 Å². The lowest BCUT2D eigenvalue weighted by atomic mass is 9.95. The third-order valence-corrected chi connectivity index (χ3v) is 6.98. The molecule has 3 amide bonds. The smallest absolute Gasteiger partial charge is 0.318 e. The van der Waals surface area contributed by atoms with E-state index >= 15 is 0 Å². The molecule has 0 unspecified atom stereocenters. The summed E-state index contributed by atoms with van der Waals surface area (Å²) in [5, 5.41) is 3.19. The van der Waals surface area contributed by atoms with Crippen LogP contribution in [-0.2, 0) is 17.9 Å². The van der Waals surface area contributed by atoms with Crippen molar-refractivity contribution in [3.8, 4) is 0 Å². The van der Waals surface area contributed by atoms with Gasteiger partial charge >= 0.3 is 6.03 Å². The largest absolute Gasteiger partial charge is 0.335 e. The second-order valence-corrected chi connectivity index (χ2v) is 11.2. The summed E-state index contributed by atoms with van der Waals surface area (Å²) in [6.45, 7) is 9.20. The van der Waals surface area contributed by atoms with Crippen molar-refractivity contribution in [3.63, 3.8) is 0 Å². The molecule has 0 aliphatic heterocycles. The third-order valence-electron chi connectivity index (χ3n) is 5.99. The van der Waals surface area contributed by atoms with Gasteiger partial charge in [-0.2, -0.15) is 0 Å². The van der Waals surface area contributed by atoms with Crippen LogP contribution >= 0.6 is 11.3 Å². The summed E-state index contributed by atoms with van der Waals surface area (Å²) in [5.41, 5.74) is 0.634. The maximum absolute atomic E-state index is 13.5. The zero-order chi connectivity index (χ0) is 23.1. The first-order chi connectivity index (χ1) is 15.2. The molecule has 1 N–H and O–H groups in total. The summed E-state index contributed by atoms with van der Waals surface area (Å²) in [7, 11) is 0. The maximum Gasteiger partial charge on any atom is 0.318 e. The van der Waals surface area contributed by atoms with Gasteiger partial charge in [0.05, 0.1) is 6.54 Å². The Kier molecular flexibility index (Phi) is 8.35. The fraction of sp³-hybridized carbons (Fsp3) is 0.538. The van der Waals surface area contributed by atoms with Crippen molar-refractivity contribution in [3.05, 3.63) is 57.8 Å². The minimum atomic E-state index is -0.452. The molecular formula is C26H37N3O2S. The molecule has 5 nitrogen and oxygen atoms in total. The first kappa shape index (κ1) is 24.3. The van der Waals surface area contributed by atoms with E-state index in [4.69, 9.17) is 0 Å². The van der Waals surface area contributed by atoms with Crippen LogP contribution in [0.15, 0.2) is 42.5 Å². The highest BCUT2D eigenvalue weighted by Gasteiger charge is 2.31. The second-order valence-electron chi connectivity index (χ2n) is 9.79. The minimum absolute atomic E-state index is 0.0337. The van der Waals surface area contributed by atoms with E-state index in [0.29, 0.717) is 13.1 Å². The highest BCUT2D eigenvalue weighted by molar-refractivity contribution is 7.11. The van der Waals surface area contributed by atoms with Crippen LogP contribution in [-0.4, -0.2) is 39.9 Å². The van der Waals surface area contributed by atoms with Crippen LogP contribution in [0, 0.1) is 6.92 Å². The molecule has 0 bridgehead atoms. The fourth-order valence-corrected chi connectivity index (χ4v) is 5.05. The van der Waals surface area contributed by atoms with Gasteiger partial charge in [0.2, 0.25) is 5.91 Å². The summed E-state index contributed by atoms with van der Waals surface area (Å²) in [4.78, 5) is 32.7. The SMILES string of the molecule is Cc1ccc(CN(Cc2ccccc2)C(=O)CN(C(=O)NC2CCCCC2)C(C)(C)C)s1. The van der Waals surface area contributed by atoms with Gasteiger partial charge in [0.25, 0.3) is 0 Å². The normalized spacial score (nSPS) is 14.8. The van der Waals surface area contributed by atoms with Crippen LogP contribution in [0.25, 0.3) is 0 Å². The lowest BCUT2D eigenvalue weighted by molar-refractivity contribution is -0.134. The Hall–Kier alpha value is -2.34. The molecule has 1 heterocycles. The van der Waals surface area contributed by atoms with E-state index in [1.165, 1.54) is 11.3 Å². The monoisotopic (exact) mass is 455 g/mol. The van der Waals surface area contributed by atoms with Crippen molar-refractivity contribution in [2.75, 3.05) is 6.54 Å². The molecule has 3 rings (SSSR count). The Bertz CT molecular complexity index is 882. The number of nitrogens with one attached hydrogen (secondary N) is 1. The Morgan fingerprint density at radius 3 is 2.28 bits per heavy atom. The second kappa shape index (κ2) is 11.0. The number of benzene rings is 1. The summed E-state index contributed by atoms with van der Waals surface area (Å²) in [5.74, 6) is -0.0337. The lowest BCUT2D eigenvalue weighted by Crippen LogP contribution is -2.56. The van der Waals surface area contributed by atoms with E-state index < -0.39 is 5.54 Å². The van der Waals surface area contributed by atoms with Crippen molar-refractivity contribution in [1.29, 1.82) is 0 Å². The van der Waals surface area contributed by atoms with Gasteiger partial charge in [-0.3, -0.25) is 4.79 Å². The Labute approximate surface area is 196 Å². The van der Waals surface area contributed by atoms with Gasteiger partial charge in [0.15, 0.2) is 0 Å². The molecule has 32 heavy (non-hydrogen) atoms. The van der Waals surface area contributed by atoms with Gasteiger partial charge in [0, 0.05) is 27.9 Å². The zero-order valence-electron chi connectivity index (χ0n) is 19.9. The molecule has 0 saturated heterocycles. The van der Waals surface area contributed by atoms with Crippen LogP contribution in [0.3, 0.4) is 0 Å². The molecule has 1 aromatic heterocycles. The van der Waals surface area contributed by atoms with Crippen LogP contribution in [0.2, 0.25) is 0 Å². The molecule has 0 radical (unpaired) electrons. The summed E-state index contributed by atoms with van der Waals surface area (Å²) in [6, 6.07) is 14.3. The van der Waals surface area contributed by atoms with Gasteiger partial charge in [-0.15, -0.1) is 11.3 Å². The number of thiophene rings is 1. The molecule has 6 heteroatoms. The topological polar surface area (TPSA) is 52.7 Å². The van der Waals surface area contributed by atoms with E-state index in [0.717, 1.165) is 36.1 Å². The number of urea groups is 1. The van der Waals surface area contributed by atoms with Gasteiger partial charge in [0.1, 0.15) is 6.54 Å². The lowest BCUT2D eigenvalue weighted by Gasteiger charge is -2.38. The average molecular weight is 456 g/mol. The molecule has 1 aliphatic carbocycles. The molecule has 0 spiro atoms. The fourth-order valence-electron chi connectivity index (χ4n) is 4.14. The van der Waals surface area contributed by atoms with E-state index in [1.807, 2.05) is 56.0 Å². The Balaban J connectivity index is 1.74. The van der Waals surface area contributed by atoms with Crippen LogP contribution in [0.1, 0.15) is 68.2 Å². The van der Waals surface area contributed by atoms with Crippen LogP contribution in [0.4, 0.5) is 4.79 Å². The summed E-state index contributed by atoms with van der Waals surface area (Å²) < 4.78 is 0. The van der Waals surface area contributed by atoms with E-state index in [-0.39, 0.29) is 24.5 Å². The number of hydrogen-bond acceptors (Lipinski definition) is 3. The van der Waals surface area contributed by atoms with Gasteiger partial charge in [-0.25, -0.2) is 4.79 Å². The molecule has 174 valence electrons. The van der Waals surface area contributed by atoms with Crippen molar-refractivity contribution in [2.45, 2.75) is 84.5 Å². The zero-order valence-corrected chi connectivity index (χ0v) is 20.7. The summed E-state index contributed by atoms with van der Waals surface area (Å²) >= 11 is 1.71. The first-order valence-corrected chi connectivity index (χ1v) is 12.5. The van der Waals surface area contributed by atoms with E-state index in [9.17, 15) is 9.59 Å². The Morgan fingerprint density at radius 1 is 1.00 bits per heavy atom. The number of carbonyl (C=O) groups excluding carboxylic acids is 2. The molecule has 1 saturated carbocycles. The van der Waals surface area contributed by atoms with Gasteiger partial charge in [-0.1, -0.05) is 49.6 Å². The van der Waals surface area contributed by atoms with Crippen molar-refractivity contribution >= 4 is 23.3 Å². The predicted octanol–water partition coefficient (Wildman–Crippen LogP) is 5.73. The molecule has 2 aromatic rings. The third kappa shape index (κ3) is 7.09. The van der Waals surface area contributed by atoms with Crippen molar-refractivity contribution < 1.29 is 9.59 Å². The highest BCUT2D eigenvalue weighted by Crippen LogP contribution is 2.22. The van der Waals surface area contributed by atoms with E-state index in [2.05, 4.69) is 24.4 Å².